The number of H-pyrrole nitrogens is 1. The molecule has 3 N–H and O–H groups in total. The zero-order chi connectivity index (χ0) is 15.7. The van der Waals surface area contributed by atoms with Crippen molar-refractivity contribution >= 4 is 22.9 Å². The Kier molecular flexibility index (Phi) is 3.30. The van der Waals surface area contributed by atoms with Crippen LogP contribution in [-0.2, 0) is 0 Å². The average Bonchev–Trinajstić information content (AvgIpc) is 2.87. The molecule has 1 amide bonds. The number of amides is 1. The lowest BCUT2D eigenvalue weighted by atomic mass is 10.0. The van der Waals surface area contributed by atoms with Gasteiger partial charge in [0.1, 0.15) is 5.82 Å². The fraction of sp³-hybridized carbons (Fsp3) is 0. The van der Waals surface area contributed by atoms with Crippen LogP contribution in [0.2, 0.25) is 0 Å². The van der Waals surface area contributed by atoms with Crippen LogP contribution >= 0.6 is 0 Å². The van der Waals surface area contributed by atoms with E-state index in [1.807, 2.05) is 0 Å². The molecule has 0 aliphatic carbocycles. The van der Waals surface area contributed by atoms with Crippen molar-refractivity contribution in [2.24, 2.45) is 5.73 Å². The molecule has 0 spiro atoms. The summed E-state index contributed by atoms with van der Waals surface area (Å²) < 4.78 is 17.5. The third-order valence-electron chi connectivity index (χ3n) is 3.03. The first-order chi connectivity index (χ1) is 10.5. The highest BCUT2D eigenvalue weighted by atomic mass is 19.1. The number of rotatable bonds is 3. The SMILES string of the molecule is NC(=O)Oc1nc2cc(C(=O)c3ccc(F)cc3)ccc2[nH]1. The standard InChI is InChI=1S/C15H10FN3O3/c16-10-4-1-8(2-5-10)13(20)9-3-6-11-12(7-9)19-15(18-11)22-14(17)21/h1-7H,(H2,17,21)(H,18,19). The molecule has 1 aromatic heterocycles. The third-order valence-corrected chi connectivity index (χ3v) is 3.03. The summed E-state index contributed by atoms with van der Waals surface area (Å²) in [4.78, 5) is 29.8. The molecule has 3 rings (SSSR count). The summed E-state index contributed by atoms with van der Waals surface area (Å²) in [7, 11) is 0. The van der Waals surface area contributed by atoms with Crippen LogP contribution in [0.3, 0.4) is 0 Å². The number of halogens is 1. The minimum Gasteiger partial charge on any atom is -0.376 e. The van der Waals surface area contributed by atoms with Gasteiger partial charge in [0, 0.05) is 11.1 Å². The summed E-state index contributed by atoms with van der Waals surface area (Å²) in [5.41, 5.74) is 6.70. The number of ketones is 1. The summed E-state index contributed by atoms with van der Waals surface area (Å²) in [6, 6.07) is 9.99. The molecule has 6 nitrogen and oxygen atoms in total. The number of ether oxygens (including phenoxy) is 1. The molecular formula is C15H10FN3O3. The van der Waals surface area contributed by atoms with Crippen LogP contribution in [0.5, 0.6) is 6.01 Å². The van der Waals surface area contributed by atoms with Crippen LogP contribution in [0.1, 0.15) is 15.9 Å². The fourth-order valence-electron chi connectivity index (χ4n) is 2.04. The largest absolute Gasteiger partial charge is 0.412 e. The van der Waals surface area contributed by atoms with E-state index in [1.165, 1.54) is 24.3 Å². The van der Waals surface area contributed by atoms with Crippen LogP contribution in [0.4, 0.5) is 9.18 Å². The lowest BCUT2D eigenvalue weighted by Gasteiger charge is -2.01. The molecule has 0 fully saturated rings. The second-order valence-electron chi connectivity index (χ2n) is 4.53. The molecule has 2 aromatic carbocycles. The maximum atomic E-state index is 12.9. The first kappa shape index (κ1) is 13.7. The number of imidazole rings is 1. The number of benzene rings is 2. The molecule has 22 heavy (non-hydrogen) atoms. The van der Waals surface area contributed by atoms with E-state index in [-0.39, 0.29) is 11.8 Å². The van der Waals surface area contributed by atoms with Crippen molar-refractivity contribution in [3.63, 3.8) is 0 Å². The van der Waals surface area contributed by atoms with E-state index in [4.69, 9.17) is 5.73 Å². The molecule has 7 heteroatoms. The molecular weight excluding hydrogens is 289 g/mol. The van der Waals surface area contributed by atoms with E-state index in [0.717, 1.165) is 0 Å². The van der Waals surface area contributed by atoms with E-state index in [2.05, 4.69) is 14.7 Å². The number of fused-ring (bicyclic) bond motifs is 1. The van der Waals surface area contributed by atoms with Crippen molar-refractivity contribution in [2.45, 2.75) is 0 Å². The van der Waals surface area contributed by atoms with E-state index in [0.29, 0.717) is 22.2 Å². The second kappa shape index (κ2) is 5.28. The molecule has 0 aliphatic heterocycles. The Hall–Kier alpha value is -3.22. The van der Waals surface area contributed by atoms with Crippen molar-refractivity contribution in [3.05, 3.63) is 59.4 Å². The van der Waals surface area contributed by atoms with E-state index >= 15 is 0 Å². The fourth-order valence-corrected chi connectivity index (χ4v) is 2.04. The van der Waals surface area contributed by atoms with Gasteiger partial charge in [0.25, 0.3) is 0 Å². The number of aromatic amines is 1. The summed E-state index contributed by atoms with van der Waals surface area (Å²) >= 11 is 0. The number of carbonyl (C=O) groups is 2. The Morgan fingerprint density at radius 3 is 2.45 bits per heavy atom. The predicted molar refractivity (Wildman–Crippen MR) is 76.1 cm³/mol. The van der Waals surface area contributed by atoms with Gasteiger partial charge in [-0.3, -0.25) is 4.79 Å². The number of primary amides is 1. The molecule has 0 saturated carbocycles. The molecule has 0 aliphatic rings. The Bertz CT molecular complexity index is 871. The second-order valence-corrected chi connectivity index (χ2v) is 4.53. The van der Waals surface area contributed by atoms with Gasteiger partial charge >= 0.3 is 12.1 Å². The predicted octanol–water partition coefficient (Wildman–Crippen LogP) is 2.39. The molecule has 0 radical (unpaired) electrons. The van der Waals surface area contributed by atoms with Crippen molar-refractivity contribution in [1.82, 2.24) is 9.97 Å². The molecule has 0 atom stereocenters. The Balaban J connectivity index is 1.95. The third kappa shape index (κ3) is 2.64. The molecule has 0 saturated heterocycles. The summed E-state index contributed by atoms with van der Waals surface area (Å²) in [6.45, 7) is 0. The van der Waals surface area contributed by atoms with Crippen molar-refractivity contribution in [3.8, 4) is 6.01 Å². The molecule has 0 bridgehead atoms. The van der Waals surface area contributed by atoms with Crippen LogP contribution in [0.15, 0.2) is 42.5 Å². The molecule has 110 valence electrons. The normalized spacial score (nSPS) is 10.6. The summed E-state index contributed by atoms with van der Waals surface area (Å²) in [5, 5.41) is 0. The summed E-state index contributed by atoms with van der Waals surface area (Å²) in [5.74, 6) is -0.671. The summed E-state index contributed by atoms with van der Waals surface area (Å²) in [6.07, 6.45) is -0.985. The number of hydrogen-bond acceptors (Lipinski definition) is 4. The maximum absolute atomic E-state index is 12.9. The van der Waals surface area contributed by atoms with Crippen molar-refractivity contribution < 1.29 is 18.7 Å². The van der Waals surface area contributed by atoms with Gasteiger partial charge in [-0.25, -0.2) is 9.18 Å². The van der Waals surface area contributed by atoms with Crippen molar-refractivity contribution in [2.75, 3.05) is 0 Å². The minimum atomic E-state index is -0.985. The zero-order valence-electron chi connectivity index (χ0n) is 11.2. The highest BCUT2D eigenvalue weighted by Gasteiger charge is 2.12. The van der Waals surface area contributed by atoms with Crippen LogP contribution in [-0.4, -0.2) is 21.8 Å². The van der Waals surface area contributed by atoms with Crippen molar-refractivity contribution in [1.29, 1.82) is 0 Å². The van der Waals surface area contributed by atoms with Gasteiger partial charge in [-0.2, -0.15) is 4.98 Å². The highest BCUT2D eigenvalue weighted by molar-refractivity contribution is 6.10. The monoisotopic (exact) mass is 299 g/mol. The number of carbonyl (C=O) groups excluding carboxylic acids is 2. The van der Waals surface area contributed by atoms with Gasteiger partial charge < -0.3 is 15.5 Å². The zero-order valence-corrected chi connectivity index (χ0v) is 11.2. The van der Waals surface area contributed by atoms with Crippen LogP contribution in [0, 0.1) is 5.82 Å². The first-order valence-corrected chi connectivity index (χ1v) is 6.30. The van der Waals surface area contributed by atoms with E-state index in [9.17, 15) is 14.0 Å². The smallest absolute Gasteiger partial charge is 0.376 e. The molecule has 1 heterocycles. The van der Waals surface area contributed by atoms with Gasteiger partial charge in [-0.05, 0) is 42.5 Å². The van der Waals surface area contributed by atoms with Crippen LogP contribution < -0.4 is 10.5 Å². The number of nitrogens with one attached hydrogen (secondary N) is 1. The quantitative estimate of drug-likeness (QED) is 0.725. The molecule has 3 aromatic rings. The van der Waals surface area contributed by atoms with Gasteiger partial charge in [0.15, 0.2) is 5.78 Å². The van der Waals surface area contributed by atoms with Gasteiger partial charge in [0.05, 0.1) is 11.0 Å². The average molecular weight is 299 g/mol. The topological polar surface area (TPSA) is 98.1 Å². The van der Waals surface area contributed by atoms with Gasteiger partial charge in [-0.15, -0.1) is 0 Å². The van der Waals surface area contributed by atoms with E-state index in [1.54, 1.807) is 18.2 Å². The Labute approximate surface area is 123 Å². The number of aromatic nitrogens is 2. The minimum absolute atomic E-state index is 0.0473. The number of hydrogen-bond donors (Lipinski definition) is 2. The number of nitrogens with two attached hydrogens (primary N) is 1. The first-order valence-electron chi connectivity index (χ1n) is 6.30. The maximum Gasteiger partial charge on any atom is 0.412 e. The molecule has 0 unspecified atom stereocenters. The van der Waals surface area contributed by atoms with Crippen LogP contribution in [0.25, 0.3) is 11.0 Å². The number of nitrogens with zero attached hydrogens (tertiary/aromatic N) is 1. The van der Waals surface area contributed by atoms with Gasteiger partial charge in [-0.1, -0.05) is 0 Å². The highest BCUT2D eigenvalue weighted by Crippen LogP contribution is 2.19. The van der Waals surface area contributed by atoms with Gasteiger partial charge in [0.2, 0.25) is 0 Å². The van der Waals surface area contributed by atoms with E-state index < -0.39 is 11.9 Å². The Morgan fingerprint density at radius 1 is 1.09 bits per heavy atom. The lowest BCUT2D eigenvalue weighted by molar-refractivity contribution is 0.103. The Morgan fingerprint density at radius 2 is 1.77 bits per heavy atom. The lowest BCUT2D eigenvalue weighted by Crippen LogP contribution is -2.16.